The molecule has 0 aliphatic heterocycles. The fourth-order valence-corrected chi connectivity index (χ4v) is 3.85. The van der Waals surface area contributed by atoms with E-state index in [9.17, 15) is 0 Å². The number of nitrogens with zero attached hydrogens (tertiary/aromatic N) is 3. The van der Waals surface area contributed by atoms with Gasteiger partial charge in [-0.3, -0.25) is 4.99 Å². The van der Waals surface area contributed by atoms with Crippen molar-refractivity contribution in [2.75, 3.05) is 34.7 Å². The maximum Gasteiger partial charge on any atom is 0.195 e. The quantitative estimate of drug-likeness (QED) is 0.607. The Morgan fingerprint density at radius 3 is 2.60 bits per heavy atom. The van der Waals surface area contributed by atoms with Gasteiger partial charge >= 0.3 is 0 Å². The molecule has 1 aromatic carbocycles. The first kappa shape index (κ1) is 13.5. The standard InChI is InChI=1S/C17H25N3/c1-19(2)16(20(3)4)18-12-14-11-17(14)10-9-13-7-5-6-8-15(13)17/h5-8,14H,9-12H2,1-4H3/t14-,17-/m1/s1. The van der Waals surface area contributed by atoms with Gasteiger partial charge < -0.3 is 9.80 Å². The Labute approximate surface area is 122 Å². The molecule has 2 aliphatic rings. The van der Waals surface area contributed by atoms with Crippen LogP contribution in [-0.2, 0) is 11.8 Å². The second-order valence-corrected chi connectivity index (χ2v) is 6.64. The van der Waals surface area contributed by atoms with Gasteiger partial charge in [0.1, 0.15) is 0 Å². The van der Waals surface area contributed by atoms with Crippen molar-refractivity contribution in [2.24, 2.45) is 10.9 Å². The fraction of sp³-hybridized carbons (Fsp3) is 0.588. The van der Waals surface area contributed by atoms with E-state index in [-0.39, 0.29) is 0 Å². The fourth-order valence-electron chi connectivity index (χ4n) is 3.85. The normalized spacial score (nSPS) is 26.3. The summed E-state index contributed by atoms with van der Waals surface area (Å²) in [5.41, 5.74) is 3.64. The van der Waals surface area contributed by atoms with Crippen LogP contribution in [0, 0.1) is 5.92 Å². The molecule has 0 saturated heterocycles. The molecule has 0 radical (unpaired) electrons. The van der Waals surface area contributed by atoms with E-state index in [2.05, 4.69) is 62.3 Å². The molecule has 0 heterocycles. The summed E-state index contributed by atoms with van der Waals surface area (Å²) in [5.74, 6) is 1.80. The highest BCUT2D eigenvalue weighted by atomic mass is 15.3. The number of hydrogen-bond donors (Lipinski definition) is 0. The third-order valence-electron chi connectivity index (χ3n) is 4.88. The van der Waals surface area contributed by atoms with Gasteiger partial charge in [-0.25, -0.2) is 0 Å². The molecule has 3 nitrogen and oxygen atoms in total. The van der Waals surface area contributed by atoms with E-state index in [4.69, 9.17) is 4.99 Å². The van der Waals surface area contributed by atoms with Gasteiger partial charge in [0, 0.05) is 40.2 Å². The molecule has 0 amide bonds. The lowest BCUT2D eigenvalue weighted by atomic mass is 9.95. The Hall–Kier alpha value is -1.51. The van der Waals surface area contributed by atoms with E-state index >= 15 is 0 Å². The zero-order valence-electron chi connectivity index (χ0n) is 13.1. The molecule has 20 heavy (non-hydrogen) atoms. The summed E-state index contributed by atoms with van der Waals surface area (Å²) in [5, 5.41) is 0. The van der Waals surface area contributed by atoms with Crippen LogP contribution in [0.15, 0.2) is 29.3 Å². The van der Waals surface area contributed by atoms with Crippen LogP contribution in [0.25, 0.3) is 0 Å². The van der Waals surface area contributed by atoms with Crippen molar-refractivity contribution < 1.29 is 0 Å². The third kappa shape index (κ3) is 2.09. The maximum atomic E-state index is 4.85. The molecule has 3 heteroatoms. The van der Waals surface area contributed by atoms with Crippen LogP contribution in [0.4, 0.5) is 0 Å². The van der Waals surface area contributed by atoms with Gasteiger partial charge in [0.2, 0.25) is 0 Å². The van der Waals surface area contributed by atoms with Crippen molar-refractivity contribution in [1.82, 2.24) is 9.80 Å². The summed E-state index contributed by atoms with van der Waals surface area (Å²) in [7, 11) is 8.25. The number of hydrogen-bond acceptors (Lipinski definition) is 1. The van der Waals surface area contributed by atoms with Gasteiger partial charge in [-0.05, 0) is 36.3 Å². The molecule has 2 aliphatic carbocycles. The lowest BCUT2D eigenvalue weighted by Crippen LogP contribution is -2.35. The number of aliphatic imine (C=N–C) groups is 1. The summed E-state index contributed by atoms with van der Waals surface area (Å²) in [6.45, 7) is 0.958. The lowest BCUT2D eigenvalue weighted by Gasteiger charge is -2.22. The average molecular weight is 271 g/mol. The average Bonchev–Trinajstić information content (AvgIpc) is 2.97. The zero-order chi connectivity index (χ0) is 14.3. The summed E-state index contributed by atoms with van der Waals surface area (Å²) in [6, 6.07) is 9.00. The van der Waals surface area contributed by atoms with Crippen molar-refractivity contribution in [1.29, 1.82) is 0 Å². The second-order valence-electron chi connectivity index (χ2n) is 6.64. The molecule has 0 bridgehead atoms. The highest BCUT2D eigenvalue weighted by molar-refractivity contribution is 5.79. The van der Waals surface area contributed by atoms with Crippen molar-refractivity contribution in [3.63, 3.8) is 0 Å². The van der Waals surface area contributed by atoms with E-state index in [1.807, 2.05) is 0 Å². The minimum absolute atomic E-state index is 0.462. The molecule has 0 N–H and O–H groups in total. The number of aryl methyl sites for hydroxylation is 1. The number of rotatable bonds is 2. The van der Waals surface area contributed by atoms with Gasteiger partial charge in [-0.1, -0.05) is 24.3 Å². The molecule has 1 spiro atoms. The maximum absolute atomic E-state index is 4.85. The third-order valence-corrected chi connectivity index (χ3v) is 4.88. The van der Waals surface area contributed by atoms with Crippen LogP contribution in [0.3, 0.4) is 0 Å². The van der Waals surface area contributed by atoms with Crippen molar-refractivity contribution in [3.8, 4) is 0 Å². The summed E-state index contributed by atoms with van der Waals surface area (Å²) >= 11 is 0. The van der Waals surface area contributed by atoms with E-state index in [0.717, 1.165) is 18.4 Å². The molecule has 1 fully saturated rings. The van der Waals surface area contributed by atoms with Crippen LogP contribution in [0.2, 0.25) is 0 Å². The Bertz CT molecular complexity index is 523. The molecule has 0 aromatic heterocycles. The van der Waals surface area contributed by atoms with Gasteiger partial charge in [-0.2, -0.15) is 0 Å². The van der Waals surface area contributed by atoms with Crippen LogP contribution in [0.1, 0.15) is 24.0 Å². The molecule has 1 saturated carbocycles. The summed E-state index contributed by atoms with van der Waals surface area (Å²) in [4.78, 5) is 9.03. The van der Waals surface area contributed by atoms with E-state index in [1.165, 1.54) is 19.3 Å². The predicted octanol–water partition coefficient (Wildman–Crippen LogP) is 2.37. The Balaban J connectivity index is 1.73. The first-order valence-corrected chi connectivity index (χ1v) is 7.52. The zero-order valence-corrected chi connectivity index (χ0v) is 13.1. The van der Waals surface area contributed by atoms with Crippen molar-refractivity contribution >= 4 is 5.96 Å². The Morgan fingerprint density at radius 2 is 1.90 bits per heavy atom. The van der Waals surface area contributed by atoms with E-state index in [0.29, 0.717) is 5.41 Å². The Kier molecular flexibility index (Phi) is 3.23. The van der Waals surface area contributed by atoms with Crippen LogP contribution < -0.4 is 0 Å². The highest BCUT2D eigenvalue weighted by Crippen LogP contribution is 2.61. The molecular weight excluding hydrogens is 246 g/mol. The largest absolute Gasteiger partial charge is 0.349 e. The predicted molar refractivity (Wildman–Crippen MR) is 84.2 cm³/mol. The van der Waals surface area contributed by atoms with Crippen molar-refractivity contribution in [3.05, 3.63) is 35.4 Å². The van der Waals surface area contributed by atoms with Gasteiger partial charge in [0.25, 0.3) is 0 Å². The van der Waals surface area contributed by atoms with Crippen LogP contribution >= 0.6 is 0 Å². The SMILES string of the molecule is CN(C)C(=NC[C@H]1C[C@]12CCc1ccccc12)N(C)C. The molecule has 3 rings (SSSR count). The first-order valence-electron chi connectivity index (χ1n) is 7.52. The van der Waals surface area contributed by atoms with E-state index in [1.54, 1.807) is 11.1 Å². The summed E-state index contributed by atoms with van der Waals surface area (Å²) in [6.07, 6.45) is 3.90. The molecule has 108 valence electrons. The number of guanidine groups is 1. The van der Waals surface area contributed by atoms with Gasteiger partial charge in [0.05, 0.1) is 0 Å². The van der Waals surface area contributed by atoms with Gasteiger partial charge in [0.15, 0.2) is 5.96 Å². The summed E-state index contributed by atoms with van der Waals surface area (Å²) < 4.78 is 0. The minimum atomic E-state index is 0.462. The number of benzene rings is 1. The molecule has 1 aromatic rings. The monoisotopic (exact) mass is 271 g/mol. The second kappa shape index (κ2) is 4.80. The van der Waals surface area contributed by atoms with Crippen LogP contribution in [-0.4, -0.2) is 50.5 Å². The molecule has 2 atom stereocenters. The van der Waals surface area contributed by atoms with Gasteiger partial charge in [-0.15, -0.1) is 0 Å². The van der Waals surface area contributed by atoms with Crippen molar-refractivity contribution in [2.45, 2.75) is 24.7 Å². The molecule has 0 unspecified atom stereocenters. The highest BCUT2D eigenvalue weighted by Gasteiger charge is 2.57. The Morgan fingerprint density at radius 1 is 1.20 bits per heavy atom. The van der Waals surface area contributed by atoms with Crippen LogP contribution in [0.5, 0.6) is 0 Å². The van der Waals surface area contributed by atoms with E-state index < -0.39 is 0 Å². The smallest absolute Gasteiger partial charge is 0.195 e. The first-order chi connectivity index (χ1) is 9.54. The number of fused-ring (bicyclic) bond motifs is 2. The molecular formula is C17H25N3. The lowest BCUT2D eigenvalue weighted by molar-refractivity contribution is 0.476. The topological polar surface area (TPSA) is 18.8 Å². The minimum Gasteiger partial charge on any atom is -0.349 e.